The third kappa shape index (κ3) is 4.92. The number of phenolic OH excluding ortho intramolecular Hbond substituents is 2. The Balaban J connectivity index is 1.41. The molecule has 0 radical (unpaired) electrons. The molecular weight excluding hydrogens is 505 g/mol. The van der Waals surface area contributed by atoms with Gasteiger partial charge < -0.3 is 20.2 Å². The molecule has 9 heteroatoms. The van der Waals surface area contributed by atoms with Crippen LogP contribution in [-0.4, -0.2) is 37.2 Å². The van der Waals surface area contributed by atoms with Crippen molar-refractivity contribution < 1.29 is 24.5 Å². The second-order valence-corrected chi connectivity index (χ2v) is 10.0. The molecule has 0 bridgehead atoms. The van der Waals surface area contributed by atoms with Crippen molar-refractivity contribution in [3.05, 3.63) is 108 Å². The highest BCUT2D eigenvalue weighted by Gasteiger charge is 2.50. The van der Waals surface area contributed by atoms with Crippen molar-refractivity contribution in [3.63, 3.8) is 0 Å². The van der Waals surface area contributed by atoms with Crippen molar-refractivity contribution in [2.75, 3.05) is 10.7 Å². The summed E-state index contributed by atoms with van der Waals surface area (Å²) in [5.74, 6) is -0.655. The minimum atomic E-state index is -0.909. The molecule has 1 aromatic heterocycles. The molecule has 3 N–H and O–H groups in total. The van der Waals surface area contributed by atoms with E-state index in [1.807, 2.05) is 12.1 Å². The minimum Gasteiger partial charge on any atom is -0.508 e. The maximum atomic E-state index is 13.4. The van der Waals surface area contributed by atoms with Crippen LogP contribution in [0.25, 0.3) is 11.1 Å². The number of rotatable bonds is 7. The molecule has 190 valence electrons. The SMILES string of the molecule is N#Cc1cncc(-c2ccc(N3C(=O)[C@H](SC[C@H](O)c4ccc(F)cc4)[C@H]3c3ccc(O)cc3O)cc2)c1. The summed E-state index contributed by atoms with van der Waals surface area (Å²) in [6.07, 6.45) is 2.23. The van der Waals surface area contributed by atoms with Gasteiger partial charge in [-0.25, -0.2) is 4.39 Å². The van der Waals surface area contributed by atoms with E-state index in [-0.39, 0.29) is 23.2 Å². The van der Waals surface area contributed by atoms with Gasteiger partial charge in [0.05, 0.1) is 17.7 Å². The van der Waals surface area contributed by atoms with Crippen molar-refractivity contribution in [2.24, 2.45) is 0 Å². The quantitative estimate of drug-likeness (QED) is 0.287. The highest BCUT2D eigenvalue weighted by atomic mass is 32.2. The predicted molar refractivity (Wildman–Crippen MR) is 142 cm³/mol. The number of hydrogen-bond acceptors (Lipinski definition) is 7. The van der Waals surface area contributed by atoms with Gasteiger partial charge >= 0.3 is 0 Å². The van der Waals surface area contributed by atoms with Crippen LogP contribution in [0.2, 0.25) is 0 Å². The van der Waals surface area contributed by atoms with Gasteiger partial charge in [-0.2, -0.15) is 5.26 Å². The number of thioether (sulfide) groups is 1. The van der Waals surface area contributed by atoms with Crippen LogP contribution in [0.3, 0.4) is 0 Å². The highest BCUT2D eigenvalue weighted by Crippen LogP contribution is 2.48. The lowest BCUT2D eigenvalue weighted by atomic mass is 9.91. The molecule has 2 heterocycles. The fraction of sp³-hybridized carbons (Fsp3) is 0.138. The van der Waals surface area contributed by atoms with Crippen molar-refractivity contribution in [1.29, 1.82) is 5.26 Å². The first kappa shape index (κ1) is 25.3. The van der Waals surface area contributed by atoms with Gasteiger partial charge in [0, 0.05) is 41.0 Å². The monoisotopic (exact) mass is 527 g/mol. The topological polar surface area (TPSA) is 118 Å². The summed E-state index contributed by atoms with van der Waals surface area (Å²) in [5, 5.41) is 39.5. The van der Waals surface area contributed by atoms with Crippen LogP contribution in [-0.2, 0) is 4.79 Å². The molecule has 1 saturated heterocycles. The van der Waals surface area contributed by atoms with Crippen LogP contribution >= 0.6 is 11.8 Å². The zero-order valence-electron chi connectivity index (χ0n) is 19.9. The number of carbonyl (C=O) groups is 1. The number of nitriles is 1. The molecular formula is C29H22FN3O4S. The first-order chi connectivity index (χ1) is 18.4. The molecule has 0 saturated carbocycles. The van der Waals surface area contributed by atoms with Crippen molar-refractivity contribution in [1.82, 2.24) is 4.98 Å². The van der Waals surface area contributed by atoms with Gasteiger partial charge in [-0.1, -0.05) is 24.3 Å². The standard InChI is InChI=1S/C29H22FN3O4S/c30-21-5-1-19(2-6-21)26(36)16-38-28-27(24-10-9-23(34)12-25(24)35)33(29(28)37)22-7-3-18(4-8-22)20-11-17(13-31)14-32-15-20/h1-12,14-15,26-28,34-36H,16H2/t26-,27+,28+/m0/s1. The summed E-state index contributed by atoms with van der Waals surface area (Å²) in [7, 11) is 0. The van der Waals surface area contributed by atoms with Gasteiger partial charge in [0.2, 0.25) is 5.91 Å². The second-order valence-electron chi connectivity index (χ2n) is 8.84. The largest absolute Gasteiger partial charge is 0.508 e. The molecule has 1 aliphatic heterocycles. The molecule has 0 unspecified atom stereocenters. The van der Waals surface area contributed by atoms with Crippen LogP contribution in [0.15, 0.2) is 85.2 Å². The number of benzene rings is 3. The fourth-order valence-corrected chi connectivity index (χ4v) is 5.74. The summed E-state index contributed by atoms with van der Waals surface area (Å²) in [5.41, 5.74) is 3.64. The summed E-state index contributed by atoms with van der Waals surface area (Å²) in [6, 6.07) is 20.3. The molecule has 7 nitrogen and oxygen atoms in total. The van der Waals surface area contributed by atoms with E-state index in [2.05, 4.69) is 11.1 Å². The third-order valence-electron chi connectivity index (χ3n) is 6.41. The number of halogens is 1. The number of anilines is 1. The van der Waals surface area contributed by atoms with E-state index >= 15 is 0 Å². The first-order valence-electron chi connectivity index (χ1n) is 11.7. The van der Waals surface area contributed by atoms with Gasteiger partial charge in [-0.05, 0) is 53.6 Å². The number of hydrogen-bond donors (Lipinski definition) is 3. The molecule has 1 aliphatic rings. The maximum Gasteiger partial charge on any atom is 0.243 e. The van der Waals surface area contributed by atoms with Crippen LogP contribution < -0.4 is 4.90 Å². The minimum absolute atomic E-state index is 0.100. The number of carbonyl (C=O) groups excluding carboxylic acids is 1. The summed E-state index contributed by atoms with van der Waals surface area (Å²) < 4.78 is 13.2. The number of nitrogens with zero attached hydrogens (tertiary/aromatic N) is 3. The molecule has 4 aromatic rings. The van der Waals surface area contributed by atoms with Crippen molar-refractivity contribution in [3.8, 4) is 28.7 Å². The molecule has 0 spiro atoms. The number of pyridine rings is 1. The van der Waals surface area contributed by atoms with Crippen LogP contribution in [0.4, 0.5) is 10.1 Å². The maximum absolute atomic E-state index is 13.4. The number of aromatic nitrogens is 1. The Morgan fingerprint density at radius 1 is 1.00 bits per heavy atom. The number of aromatic hydroxyl groups is 2. The predicted octanol–water partition coefficient (Wildman–Crippen LogP) is 5.09. The molecule has 1 fully saturated rings. The number of aliphatic hydroxyl groups excluding tert-OH is 1. The number of phenols is 2. The van der Waals surface area contributed by atoms with Crippen LogP contribution in [0.1, 0.15) is 28.8 Å². The molecule has 3 atom stereocenters. The van der Waals surface area contributed by atoms with Gasteiger partial charge in [-0.15, -0.1) is 11.8 Å². The molecule has 38 heavy (non-hydrogen) atoms. The Kier molecular flexibility index (Phi) is 7.01. The second kappa shape index (κ2) is 10.5. The van der Waals surface area contributed by atoms with Crippen molar-refractivity contribution in [2.45, 2.75) is 17.4 Å². The van der Waals surface area contributed by atoms with E-state index in [4.69, 9.17) is 5.26 Å². The highest BCUT2D eigenvalue weighted by molar-refractivity contribution is 8.00. The Hall–Kier alpha value is -4.39. The van der Waals surface area contributed by atoms with Crippen LogP contribution in [0, 0.1) is 17.1 Å². The summed E-state index contributed by atoms with van der Waals surface area (Å²) in [4.78, 5) is 19.0. The lowest BCUT2D eigenvalue weighted by molar-refractivity contribution is -0.123. The number of β-lactam (4-membered cyclic amide) rings is 1. The zero-order valence-corrected chi connectivity index (χ0v) is 20.7. The molecule has 5 rings (SSSR count). The lowest BCUT2D eigenvalue weighted by Crippen LogP contribution is -2.57. The van der Waals surface area contributed by atoms with E-state index in [9.17, 15) is 24.5 Å². The van der Waals surface area contributed by atoms with Gasteiger partial charge in [-0.3, -0.25) is 9.78 Å². The Morgan fingerprint density at radius 2 is 1.74 bits per heavy atom. The lowest BCUT2D eigenvalue weighted by Gasteiger charge is -2.47. The normalized spacial score (nSPS) is 17.5. The van der Waals surface area contributed by atoms with Crippen molar-refractivity contribution >= 4 is 23.4 Å². The van der Waals surface area contributed by atoms with Crippen LogP contribution in [0.5, 0.6) is 11.5 Å². The van der Waals surface area contributed by atoms with E-state index < -0.39 is 23.2 Å². The first-order valence-corrected chi connectivity index (χ1v) is 12.8. The van der Waals surface area contributed by atoms with Gasteiger partial charge in [0.15, 0.2) is 0 Å². The average Bonchev–Trinajstić information content (AvgIpc) is 2.93. The number of aliphatic hydroxyl groups is 1. The summed E-state index contributed by atoms with van der Waals surface area (Å²) in [6.45, 7) is 0. The molecule has 1 amide bonds. The fourth-order valence-electron chi connectivity index (χ4n) is 4.45. The van der Waals surface area contributed by atoms with E-state index in [1.54, 1.807) is 35.4 Å². The Morgan fingerprint density at radius 3 is 2.42 bits per heavy atom. The van der Waals surface area contributed by atoms with Gasteiger partial charge in [0.1, 0.15) is 28.6 Å². The molecule has 3 aromatic carbocycles. The number of amides is 1. The van der Waals surface area contributed by atoms with Gasteiger partial charge in [0.25, 0.3) is 0 Å². The summed E-state index contributed by atoms with van der Waals surface area (Å²) >= 11 is 1.25. The van der Waals surface area contributed by atoms with E-state index in [0.717, 1.165) is 11.1 Å². The average molecular weight is 528 g/mol. The molecule has 0 aliphatic carbocycles. The zero-order chi connectivity index (χ0) is 26.8. The third-order valence-corrected chi connectivity index (χ3v) is 7.74. The smallest absolute Gasteiger partial charge is 0.243 e. The Bertz CT molecular complexity index is 1520. The Labute approximate surface area is 222 Å². The van der Waals surface area contributed by atoms with E-state index in [1.165, 1.54) is 54.4 Å². The van der Waals surface area contributed by atoms with E-state index in [0.29, 0.717) is 22.4 Å².